The van der Waals surface area contributed by atoms with E-state index in [1.807, 2.05) is 0 Å². The number of hydrogen-bond acceptors (Lipinski definition) is 6. The normalized spacial score (nSPS) is 16.3. The standard InChI is InChI=1S/C21H28N2O5S/c1-4-27-21(24)19-9-10-20(28-19)29(25,26)23-13-11-22(12-14-23)15-17-5-7-18(8-6-17)16(2)3/h5-10,16H,4,11-15H2,1-3H3. The van der Waals surface area contributed by atoms with E-state index in [0.29, 0.717) is 32.1 Å². The Bertz CT molecular complexity index is 926. The smallest absolute Gasteiger partial charge is 0.374 e. The molecule has 0 amide bonds. The molecule has 8 heteroatoms. The predicted octanol–water partition coefficient (Wildman–Crippen LogP) is 3.09. The maximum absolute atomic E-state index is 12.8. The molecule has 1 aromatic carbocycles. The molecule has 0 aliphatic carbocycles. The van der Waals surface area contributed by atoms with Gasteiger partial charge in [0.2, 0.25) is 10.9 Å². The van der Waals surface area contributed by atoms with Crippen LogP contribution >= 0.6 is 0 Å². The van der Waals surface area contributed by atoms with Crippen molar-refractivity contribution in [3.63, 3.8) is 0 Å². The van der Waals surface area contributed by atoms with Crippen molar-refractivity contribution in [3.05, 3.63) is 53.3 Å². The topological polar surface area (TPSA) is 80.1 Å². The first-order chi connectivity index (χ1) is 13.8. The molecule has 29 heavy (non-hydrogen) atoms. The molecule has 1 saturated heterocycles. The lowest BCUT2D eigenvalue weighted by Gasteiger charge is -2.33. The zero-order chi connectivity index (χ0) is 21.0. The van der Waals surface area contributed by atoms with Crippen LogP contribution in [0.2, 0.25) is 0 Å². The first-order valence-corrected chi connectivity index (χ1v) is 11.3. The van der Waals surface area contributed by atoms with E-state index in [9.17, 15) is 13.2 Å². The first kappa shape index (κ1) is 21.5. The quantitative estimate of drug-likeness (QED) is 0.641. The number of benzene rings is 1. The SMILES string of the molecule is CCOC(=O)c1ccc(S(=O)(=O)N2CCN(Cc3ccc(C(C)C)cc3)CC2)o1. The van der Waals surface area contributed by atoms with E-state index < -0.39 is 16.0 Å². The summed E-state index contributed by atoms with van der Waals surface area (Å²) in [7, 11) is -3.77. The summed E-state index contributed by atoms with van der Waals surface area (Å²) < 4.78 is 37.1. The zero-order valence-corrected chi connectivity index (χ0v) is 17.9. The maximum Gasteiger partial charge on any atom is 0.374 e. The Kier molecular flexibility index (Phi) is 6.77. The van der Waals surface area contributed by atoms with Crippen LogP contribution in [-0.4, -0.2) is 56.4 Å². The summed E-state index contributed by atoms with van der Waals surface area (Å²) in [4.78, 5) is 13.9. The van der Waals surface area contributed by atoms with Crippen molar-refractivity contribution in [2.75, 3.05) is 32.8 Å². The van der Waals surface area contributed by atoms with E-state index >= 15 is 0 Å². The molecule has 0 N–H and O–H groups in total. The highest BCUT2D eigenvalue weighted by molar-refractivity contribution is 7.89. The third-order valence-corrected chi connectivity index (χ3v) is 6.81. The van der Waals surface area contributed by atoms with E-state index in [1.165, 1.54) is 27.6 Å². The minimum atomic E-state index is -3.77. The molecule has 7 nitrogen and oxygen atoms in total. The lowest BCUT2D eigenvalue weighted by Crippen LogP contribution is -2.48. The average Bonchev–Trinajstić information content (AvgIpc) is 3.20. The van der Waals surface area contributed by atoms with Gasteiger partial charge in [0.1, 0.15) is 0 Å². The summed E-state index contributed by atoms with van der Waals surface area (Å²) in [5, 5.41) is -0.224. The Morgan fingerprint density at radius 2 is 1.72 bits per heavy atom. The molecule has 2 aromatic rings. The molecule has 0 unspecified atom stereocenters. The van der Waals surface area contributed by atoms with Gasteiger partial charge in [-0.1, -0.05) is 38.1 Å². The van der Waals surface area contributed by atoms with Crippen molar-refractivity contribution in [3.8, 4) is 0 Å². The maximum atomic E-state index is 12.8. The molecule has 0 bridgehead atoms. The van der Waals surface area contributed by atoms with Gasteiger partial charge in [0.05, 0.1) is 6.61 Å². The van der Waals surface area contributed by atoms with Gasteiger partial charge >= 0.3 is 5.97 Å². The average molecular weight is 421 g/mol. The second-order valence-corrected chi connectivity index (χ2v) is 9.28. The Morgan fingerprint density at radius 3 is 2.31 bits per heavy atom. The summed E-state index contributed by atoms with van der Waals surface area (Å²) >= 11 is 0. The number of carbonyl (C=O) groups excluding carboxylic acids is 1. The Morgan fingerprint density at radius 1 is 1.07 bits per heavy atom. The second-order valence-electron chi connectivity index (χ2n) is 7.42. The summed E-state index contributed by atoms with van der Waals surface area (Å²) in [5.41, 5.74) is 2.53. The van der Waals surface area contributed by atoms with Gasteiger partial charge in [0.25, 0.3) is 10.0 Å². The zero-order valence-electron chi connectivity index (χ0n) is 17.1. The monoisotopic (exact) mass is 420 g/mol. The third kappa shape index (κ3) is 5.07. The van der Waals surface area contributed by atoms with Crippen LogP contribution in [0, 0.1) is 0 Å². The van der Waals surface area contributed by atoms with Gasteiger partial charge in [-0.25, -0.2) is 13.2 Å². The fourth-order valence-corrected chi connectivity index (χ4v) is 4.63. The highest BCUT2D eigenvalue weighted by atomic mass is 32.2. The fraction of sp³-hybridized carbons (Fsp3) is 0.476. The van der Waals surface area contributed by atoms with E-state index in [-0.39, 0.29) is 17.5 Å². The lowest BCUT2D eigenvalue weighted by molar-refractivity contribution is 0.0483. The van der Waals surface area contributed by atoms with Gasteiger partial charge in [0.15, 0.2) is 0 Å². The van der Waals surface area contributed by atoms with E-state index in [0.717, 1.165) is 6.54 Å². The van der Waals surface area contributed by atoms with Crippen LogP contribution in [0.25, 0.3) is 0 Å². The molecule has 1 aliphatic heterocycles. The molecule has 2 heterocycles. The molecule has 0 atom stereocenters. The Balaban J connectivity index is 1.58. The molecule has 1 fully saturated rings. The van der Waals surface area contributed by atoms with Crippen LogP contribution in [0.1, 0.15) is 48.4 Å². The number of carbonyl (C=O) groups is 1. The van der Waals surface area contributed by atoms with E-state index in [1.54, 1.807) is 6.92 Å². The van der Waals surface area contributed by atoms with Crippen molar-refractivity contribution in [1.29, 1.82) is 0 Å². The van der Waals surface area contributed by atoms with E-state index in [2.05, 4.69) is 43.0 Å². The van der Waals surface area contributed by atoms with Crippen molar-refractivity contribution < 1.29 is 22.4 Å². The van der Waals surface area contributed by atoms with Crippen LogP contribution in [0.3, 0.4) is 0 Å². The number of rotatable bonds is 7. The number of furan rings is 1. The van der Waals surface area contributed by atoms with Crippen molar-refractivity contribution in [2.24, 2.45) is 0 Å². The second kappa shape index (κ2) is 9.11. The first-order valence-electron chi connectivity index (χ1n) is 9.89. The number of hydrogen-bond donors (Lipinski definition) is 0. The van der Waals surface area contributed by atoms with Crippen LogP contribution in [0.15, 0.2) is 45.9 Å². The number of esters is 1. The fourth-order valence-electron chi connectivity index (χ4n) is 3.29. The number of nitrogens with zero attached hydrogens (tertiary/aromatic N) is 2. The molecule has 0 spiro atoms. The molecular weight excluding hydrogens is 392 g/mol. The van der Waals surface area contributed by atoms with Crippen molar-refractivity contribution in [1.82, 2.24) is 9.21 Å². The Hall–Kier alpha value is -2.16. The third-order valence-electron chi connectivity index (χ3n) is 5.04. The molecule has 1 aromatic heterocycles. The van der Waals surface area contributed by atoms with Crippen molar-refractivity contribution in [2.45, 2.75) is 38.3 Å². The highest BCUT2D eigenvalue weighted by Crippen LogP contribution is 2.22. The summed E-state index contributed by atoms with van der Waals surface area (Å²) in [6, 6.07) is 11.2. The minimum Gasteiger partial charge on any atom is -0.460 e. The van der Waals surface area contributed by atoms with Gasteiger partial charge in [-0.2, -0.15) is 4.31 Å². The number of piperazine rings is 1. The van der Waals surface area contributed by atoms with Crippen molar-refractivity contribution >= 4 is 16.0 Å². The molecule has 1 aliphatic rings. The summed E-state index contributed by atoms with van der Waals surface area (Å²) in [5.74, 6) is -0.264. The van der Waals surface area contributed by atoms with Crippen LogP contribution in [0.5, 0.6) is 0 Å². The molecule has 158 valence electrons. The summed E-state index contributed by atoms with van der Waals surface area (Å²) in [6.07, 6.45) is 0. The molecular formula is C21H28N2O5S. The minimum absolute atomic E-state index is 0.103. The van der Waals surface area contributed by atoms with Crippen LogP contribution in [-0.2, 0) is 21.3 Å². The number of ether oxygens (including phenoxy) is 1. The van der Waals surface area contributed by atoms with Gasteiger partial charge in [0, 0.05) is 32.7 Å². The Labute approximate surface area is 172 Å². The van der Waals surface area contributed by atoms with Crippen LogP contribution in [0.4, 0.5) is 0 Å². The van der Waals surface area contributed by atoms with Gasteiger partial charge in [-0.3, -0.25) is 4.90 Å². The van der Waals surface area contributed by atoms with E-state index in [4.69, 9.17) is 9.15 Å². The molecule has 3 rings (SSSR count). The van der Waals surface area contributed by atoms with Gasteiger partial charge in [-0.05, 0) is 36.1 Å². The molecule has 0 saturated carbocycles. The van der Waals surface area contributed by atoms with Gasteiger partial charge < -0.3 is 9.15 Å². The number of sulfonamides is 1. The largest absolute Gasteiger partial charge is 0.460 e. The molecule has 0 radical (unpaired) electrons. The predicted molar refractivity (Wildman–Crippen MR) is 109 cm³/mol. The van der Waals surface area contributed by atoms with Gasteiger partial charge in [-0.15, -0.1) is 0 Å². The van der Waals surface area contributed by atoms with Crippen LogP contribution < -0.4 is 0 Å². The summed E-state index contributed by atoms with van der Waals surface area (Å²) in [6.45, 7) is 9.03. The highest BCUT2D eigenvalue weighted by Gasteiger charge is 2.31. The lowest BCUT2D eigenvalue weighted by atomic mass is 10.0.